The molecule has 1 fully saturated rings. The van der Waals surface area contributed by atoms with Crippen LogP contribution in [0.5, 0.6) is 0 Å². The number of thioether (sulfide) groups is 1. The van der Waals surface area contributed by atoms with Crippen LogP contribution in [0.4, 0.5) is 10.7 Å². The van der Waals surface area contributed by atoms with Gasteiger partial charge in [0.25, 0.3) is 5.91 Å². The number of nitrogens with two attached hydrogens (primary N) is 1. The maximum absolute atomic E-state index is 11.8. The number of nitrogens with one attached hydrogen (secondary N) is 2. The molecule has 1 aromatic heterocycles. The molecule has 2 rings (SSSR count). The summed E-state index contributed by atoms with van der Waals surface area (Å²) in [6, 6.07) is 0. The van der Waals surface area contributed by atoms with Crippen molar-refractivity contribution in [2.24, 2.45) is 5.41 Å². The Bertz CT molecular complexity index is 480. The molecular weight excluding hydrogens is 278 g/mol. The van der Waals surface area contributed by atoms with Crippen molar-refractivity contribution in [3.63, 3.8) is 0 Å². The third kappa shape index (κ3) is 2.84. The molecule has 6 heteroatoms. The SMILES string of the molecule is CCC1(CNc2sc(C(=O)NC)c(N)c2SC)CC1. The van der Waals surface area contributed by atoms with Gasteiger partial charge in [0.2, 0.25) is 0 Å². The Morgan fingerprint density at radius 1 is 1.53 bits per heavy atom. The minimum atomic E-state index is -0.109. The van der Waals surface area contributed by atoms with E-state index >= 15 is 0 Å². The topological polar surface area (TPSA) is 67.2 Å². The number of hydrogen-bond acceptors (Lipinski definition) is 5. The van der Waals surface area contributed by atoms with Gasteiger partial charge in [-0.25, -0.2) is 0 Å². The third-order valence-corrected chi connectivity index (χ3v) is 5.99. The predicted octanol–water partition coefficient (Wildman–Crippen LogP) is 3.01. The summed E-state index contributed by atoms with van der Waals surface area (Å²) in [6.07, 6.45) is 5.80. The molecule has 0 aromatic carbocycles. The molecule has 0 saturated heterocycles. The molecule has 0 radical (unpaired) electrons. The lowest BCUT2D eigenvalue weighted by Gasteiger charge is -2.14. The minimum Gasteiger partial charge on any atom is -0.396 e. The smallest absolute Gasteiger partial charge is 0.263 e. The second kappa shape index (κ2) is 5.63. The van der Waals surface area contributed by atoms with Gasteiger partial charge < -0.3 is 16.4 Å². The van der Waals surface area contributed by atoms with Crippen LogP contribution in [0.3, 0.4) is 0 Å². The molecule has 4 N–H and O–H groups in total. The number of carbonyl (C=O) groups is 1. The summed E-state index contributed by atoms with van der Waals surface area (Å²) in [5.74, 6) is -0.109. The van der Waals surface area contributed by atoms with Crippen LogP contribution in [0.25, 0.3) is 0 Å². The van der Waals surface area contributed by atoms with Crippen LogP contribution in [-0.2, 0) is 0 Å². The molecule has 0 aliphatic heterocycles. The van der Waals surface area contributed by atoms with Crippen molar-refractivity contribution in [1.82, 2.24) is 5.32 Å². The van der Waals surface area contributed by atoms with Gasteiger partial charge in [-0.1, -0.05) is 6.92 Å². The summed E-state index contributed by atoms with van der Waals surface area (Å²) in [5.41, 5.74) is 7.14. The van der Waals surface area contributed by atoms with Gasteiger partial charge in [0.1, 0.15) is 9.88 Å². The third-order valence-electron chi connectivity index (χ3n) is 3.87. The van der Waals surface area contributed by atoms with E-state index in [1.165, 1.54) is 30.6 Å². The normalized spacial score (nSPS) is 16.2. The molecule has 0 atom stereocenters. The van der Waals surface area contributed by atoms with Gasteiger partial charge in [0.15, 0.2) is 0 Å². The van der Waals surface area contributed by atoms with E-state index in [0.717, 1.165) is 16.4 Å². The number of nitrogen functional groups attached to an aromatic ring is 1. The first kappa shape index (κ1) is 14.5. The van der Waals surface area contributed by atoms with Crippen LogP contribution in [0, 0.1) is 5.41 Å². The van der Waals surface area contributed by atoms with E-state index in [0.29, 0.717) is 16.0 Å². The highest BCUT2D eigenvalue weighted by Crippen LogP contribution is 2.49. The van der Waals surface area contributed by atoms with Gasteiger partial charge in [-0.05, 0) is 30.9 Å². The Morgan fingerprint density at radius 3 is 2.68 bits per heavy atom. The zero-order valence-electron chi connectivity index (χ0n) is 11.6. The molecule has 1 heterocycles. The van der Waals surface area contributed by atoms with Gasteiger partial charge >= 0.3 is 0 Å². The summed E-state index contributed by atoms with van der Waals surface area (Å²) in [5, 5.41) is 7.16. The van der Waals surface area contributed by atoms with Gasteiger partial charge in [0.05, 0.1) is 10.6 Å². The highest BCUT2D eigenvalue weighted by molar-refractivity contribution is 7.99. The van der Waals surface area contributed by atoms with E-state index in [4.69, 9.17) is 5.73 Å². The van der Waals surface area contributed by atoms with Crippen molar-refractivity contribution in [3.8, 4) is 0 Å². The largest absolute Gasteiger partial charge is 0.396 e. The van der Waals surface area contributed by atoms with Crippen LogP contribution in [0.1, 0.15) is 35.9 Å². The zero-order chi connectivity index (χ0) is 14.0. The number of hydrogen-bond donors (Lipinski definition) is 3. The van der Waals surface area contributed by atoms with E-state index in [9.17, 15) is 4.79 Å². The first-order valence-electron chi connectivity index (χ1n) is 6.49. The lowest BCUT2D eigenvalue weighted by atomic mass is 10.0. The summed E-state index contributed by atoms with van der Waals surface area (Å²) in [7, 11) is 1.63. The predicted molar refractivity (Wildman–Crippen MR) is 84.4 cm³/mol. The van der Waals surface area contributed by atoms with E-state index in [1.54, 1.807) is 18.8 Å². The average Bonchev–Trinajstić information content (AvgIpc) is 3.14. The molecule has 1 aromatic rings. The van der Waals surface area contributed by atoms with Gasteiger partial charge in [-0.3, -0.25) is 4.79 Å². The van der Waals surface area contributed by atoms with Crippen LogP contribution >= 0.6 is 23.1 Å². The summed E-state index contributed by atoms with van der Waals surface area (Å²) >= 11 is 3.05. The number of amides is 1. The first-order chi connectivity index (χ1) is 9.06. The summed E-state index contributed by atoms with van der Waals surface area (Å²) in [6.45, 7) is 3.22. The molecule has 1 amide bonds. The molecule has 0 bridgehead atoms. The Morgan fingerprint density at radius 2 is 2.21 bits per heavy atom. The zero-order valence-corrected chi connectivity index (χ0v) is 13.3. The molecule has 1 aliphatic carbocycles. The fourth-order valence-corrected chi connectivity index (χ4v) is 4.11. The molecule has 1 aliphatic rings. The number of thiophene rings is 1. The van der Waals surface area contributed by atoms with Gasteiger partial charge in [-0.2, -0.15) is 0 Å². The van der Waals surface area contributed by atoms with E-state index in [-0.39, 0.29) is 5.91 Å². The molecule has 106 valence electrons. The minimum absolute atomic E-state index is 0.109. The first-order valence-corrected chi connectivity index (χ1v) is 8.53. The van der Waals surface area contributed by atoms with E-state index < -0.39 is 0 Å². The monoisotopic (exact) mass is 299 g/mol. The van der Waals surface area contributed by atoms with Crippen LogP contribution in [0.2, 0.25) is 0 Å². The fourth-order valence-electron chi connectivity index (χ4n) is 2.13. The number of carbonyl (C=O) groups excluding carboxylic acids is 1. The van der Waals surface area contributed by atoms with Crippen molar-refractivity contribution in [1.29, 1.82) is 0 Å². The lowest BCUT2D eigenvalue weighted by molar-refractivity contribution is 0.0968. The van der Waals surface area contributed by atoms with Crippen molar-refractivity contribution in [3.05, 3.63) is 4.88 Å². The molecule has 0 spiro atoms. The highest BCUT2D eigenvalue weighted by Gasteiger charge is 2.40. The van der Waals surface area contributed by atoms with Crippen LogP contribution < -0.4 is 16.4 Å². The van der Waals surface area contributed by atoms with Crippen LogP contribution in [0.15, 0.2) is 4.90 Å². The second-order valence-corrected chi connectivity index (χ2v) is 6.83. The second-order valence-electron chi connectivity index (χ2n) is 4.99. The Balaban J connectivity index is 2.17. The lowest BCUT2D eigenvalue weighted by Crippen LogP contribution is -2.17. The molecule has 19 heavy (non-hydrogen) atoms. The van der Waals surface area contributed by atoms with Crippen molar-refractivity contribution in [2.75, 3.05) is 30.9 Å². The molecule has 1 saturated carbocycles. The van der Waals surface area contributed by atoms with Gasteiger partial charge in [0, 0.05) is 13.6 Å². The summed E-state index contributed by atoms with van der Waals surface area (Å²) in [4.78, 5) is 13.4. The maximum atomic E-state index is 11.8. The molecular formula is C13H21N3OS2. The number of anilines is 2. The standard InChI is InChI=1S/C13H21N3OS2/c1-4-13(5-6-13)7-16-12-10(18-3)8(14)9(19-12)11(17)15-2/h16H,4-7,14H2,1-3H3,(H,15,17). The highest BCUT2D eigenvalue weighted by atomic mass is 32.2. The quantitative estimate of drug-likeness (QED) is 0.706. The van der Waals surface area contributed by atoms with Crippen molar-refractivity contribution in [2.45, 2.75) is 31.1 Å². The molecule has 0 unspecified atom stereocenters. The maximum Gasteiger partial charge on any atom is 0.263 e. The van der Waals surface area contributed by atoms with Crippen LogP contribution in [-0.4, -0.2) is 25.8 Å². The summed E-state index contributed by atoms with van der Waals surface area (Å²) < 4.78 is 0. The van der Waals surface area contributed by atoms with Crippen molar-refractivity contribution < 1.29 is 4.79 Å². The molecule has 4 nitrogen and oxygen atoms in total. The Kier molecular flexibility index (Phi) is 4.30. The Hall–Kier alpha value is -0.880. The average molecular weight is 299 g/mol. The van der Waals surface area contributed by atoms with E-state index in [1.807, 2.05) is 6.26 Å². The van der Waals surface area contributed by atoms with Crippen molar-refractivity contribution >= 4 is 39.7 Å². The van der Waals surface area contributed by atoms with Gasteiger partial charge in [-0.15, -0.1) is 23.1 Å². The Labute approximate surface area is 122 Å². The number of rotatable bonds is 6. The fraction of sp³-hybridized carbons (Fsp3) is 0.615. The van der Waals surface area contributed by atoms with E-state index in [2.05, 4.69) is 17.6 Å².